The van der Waals surface area contributed by atoms with Gasteiger partial charge >= 0.3 is 5.97 Å². The molecule has 0 aliphatic heterocycles. The van der Waals surface area contributed by atoms with Crippen LogP contribution in [0.5, 0.6) is 0 Å². The van der Waals surface area contributed by atoms with Gasteiger partial charge < -0.3 is 9.72 Å². The summed E-state index contributed by atoms with van der Waals surface area (Å²) in [5, 5.41) is 0.421. The fourth-order valence-electron chi connectivity index (χ4n) is 2.51. The van der Waals surface area contributed by atoms with Crippen LogP contribution in [-0.2, 0) is 14.8 Å². The Labute approximate surface area is 150 Å². The lowest BCUT2D eigenvalue weighted by Gasteiger charge is -2.07. The Morgan fingerprint density at radius 3 is 2.42 bits per heavy atom. The summed E-state index contributed by atoms with van der Waals surface area (Å²) in [6.45, 7) is 1.83. The van der Waals surface area contributed by atoms with E-state index in [4.69, 9.17) is 0 Å². The number of methoxy groups -OCH3 is 1. The molecule has 0 bridgehead atoms. The zero-order valence-electron chi connectivity index (χ0n) is 14.1. The topological polar surface area (TPSA) is 105 Å². The molecule has 0 aliphatic rings. The fraction of sp³-hybridized carbons (Fsp3) is 0.111. The molecule has 1 amide bonds. The van der Waals surface area contributed by atoms with Crippen molar-refractivity contribution in [1.29, 1.82) is 0 Å². The monoisotopic (exact) mass is 372 g/mol. The number of hydrogen-bond acceptors (Lipinski definition) is 5. The van der Waals surface area contributed by atoms with E-state index >= 15 is 0 Å². The third-order valence-corrected chi connectivity index (χ3v) is 5.25. The van der Waals surface area contributed by atoms with Gasteiger partial charge in [-0.1, -0.05) is 17.7 Å². The molecule has 26 heavy (non-hydrogen) atoms. The molecule has 0 saturated heterocycles. The maximum Gasteiger partial charge on any atom is 0.337 e. The smallest absolute Gasteiger partial charge is 0.337 e. The van der Waals surface area contributed by atoms with Gasteiger partial charge in [0.1, 0.15) is 0 Å². The van der Waals surface area contributed by atoms with Crippen molar-refractivity contribution in [3.8, 4) is 0 Å². The number of aromatic nitrogens is 1. The van der Waals surface area contributed by atoms with E-state index in [0.717, 1.165) is 5.56 Å². The molecule has 0 aliphatic carbocycles. The van der Waals surface area contributed by atoms with Gasteiger partial charge in [-0.15, -0.1) is 0 Å². The minimum absolute atomic E-state index is 0.00783. The minimum Gasteiger partial charge on any atom is -0.465 e. The van der Waals surface area contributed by atoms with Gasteiger partial charge in [-0.05, 0) is 37.3 Å². The maximum atomic E-state index is 12.5. The lowest BCUT2D eigenvalue weighted by atomic mass is 10.1. The largest absolute Gasteiger partial charge is 0.465 e. The van der Waals surface area contributed by atoms with Crippen LogP contribution >= 0.6 is 0 Å². The van der Waals surface area contributed by atoms with Gasteiger partial charge in [0.2, 0.25) is 0 Å². The van der Waals surface area contributed by atoms with Crippen LogP contribution in [0.4, 0.5) is 0 Å². The van der Waals surface area contributed by atoms with Crippen molar-refractivity contribution < 1.29 is 22.7 Å². The normalized spacial score (nSPS) is 11.3. The van der Waals surface area contributed by atoms with Gasteiger partial charge in [0.25, 0.3) is 15.9 Å². The molecule has 0 fully saturated rings. The van der Waals surface area contributed by atoms with E-state index < -0.39 is 21.9 Å². The van der Waals surface area contributed by atoms with Crippen molar-refractivity contribution in [2.75, 3.05) is 7.11 Å². The summed E-state index contributed by atoms with van der Waals surface area (Å²) in [7, 11) is -2.75. The highest BCUT2D eigenvalue weighted by Crippen LogP contribution is 2.21. The van der Waals surface area contributed by atoms with Gasteiger partial charge in [-0.2, -0.15) is 0 Å². The van der Waals surface area contributed by atoms with E-state index in [1.54, 1.807) is 24.3 Å². The highest BCUT2D eigenvalue weighted by atomic mass is 32.2. The molecule has 3 rings (SSSR count). The van der Waals surface area contributed by atoms with Crippen LogP contribution in [0, 0.1) is 6.92 Å². The van der Waals surface area contributed by atoms with E-state index in [1.807, 2.05) is 11.6 Å². The minimum atomic E-state index is -4.01. The second-order valence-corrected chi connectivity index (χ2v) is 7.38. The average Bonchev–Trinajstić information content (AvgIpc) is 3.04. The lowest BCUT2D eigenvalue weighted by Crippen LogP contribution is -2.30. The molecule has 7 nitrogen and oxygen atoms in total. The zero-order valence-corrected chi connectivity index (χ0v) is 14.9. The van der Waals surface area contributed by atoms with Gasteiger partial charge in [-0.3, -0.25) is 4.79 Å². The number of aryl methyl sites for hydroxylation is 1. The molecule has 1 heterocycles. The van der Waals surface area contributed by atoms with Gasteiger partial charge in [0, 0.05) is 17.1 Å². The Bertz CT molecular complexity index is 1100. The highest BCUT2D eigenvalue weighted by Gasteiger charge is 2.21. The number of H-pyrrole nitrogens is 1. The van der Waals surface area contributed by atoms with Crippen LogP contribution in [0.2, 0.25) is 0 Å². The lowest BCUT2D eigenvalue weighted by molar-refractivity contribution is 0.0600. The van der Waals surface area contributed by atoms with Crippen molar-refractivity contribution in [3.05, 3.63) is 65.4 Å². The number of nitrogens with one attached hydrogen (secondary N) is 2. The van der Waals surface area contributed by atoms with Crippen LogP contribution in [0.15, 0.2) is 53.6 Å². The summed E-state index contributed by atoms with van der Waals surface area (Å²) in [6.07, 6.45) is 1.39. The maximum absolute atomic E-state index is 12.5. The first-order chi connectivity index (χ1) is 12.3. The van der Waals surface area contributed by atoms with E-state index in [0.29, 0.717) is 10.9 Å². The summed E-state index contributed by atoms with van der Waals surface area (Å²) in [6, 6.07) is 10.8. The second-order valence-electron chi connectivity index (χ2n) is 5.70. The Morgan fingerprint density at radius 1 is 1.08 bits per heavy atom. The van der Waals surface area contributed by atoms with E-state index in [2.05, 4.69) is 9.72 Å². The van der Waals surface area contributed by atoms with Crippen LogP contribution < -0.4 is 4.72 Å². The highest BCUT2D eigenvalue weighted by molar-refractivity contribution is 7.90. The molecule has 8 heteroatoms. The number of esters is 1. The number of rotatable bonds is 4. The number of hydrogen-bond donors (Lipinski definition) is 2. The van der Waals surface area contributed by atoms with Crippen LogP contribution in [-0.4, -0.2) is 32.4 Å². The third-order valence-electron chi connectivity index (χ3n) is 3.91. The van der Waals surface area contributed by atoms with Crippen molar-refractivity contribution in [3.63, 3.8) is 0 Å². The molecule has 0 radical (unpaired) electrons. The number of carbonyl (C=O) groups is 2. The SMILES string of the molecule is COC(=O)c1ccc2[nH]cc(C(=O)NS(=O)(=O)c3ccc(C)cc3)c2c1. The van der Waals surface area contributed by atoms with Crippen molar-refractivity contribution in [2.45, 2.75) is 11.8 Å². The predicted octanol–water partition coefficient (Wildman–Crippen LogP) is 2.38. The molecule has 1 aromatic heterocycles. The van der Waals surface area contributed by atoms with E-state index in [1.165, 1.54) is 31.5 Å². The second kappa shape index (κ2) is 6.64. The molecule has 0 spiro atoms. The quantitative estimate of drug-likeness (QED) is 0.684. The summed E-state index contributed by atoms with van der Waals surface area (Å²) in [4.78, 5) is 27.0. The van der Waals surface area contributed by atoms with Gasteiger partial charge in [0.15, 0.2) is 0 Å². The first-order valence-electron chi connectivity index (χ1n) is 7.65. The molecule has 0 saturated carbocycles. The molecule has 2 aromatic carbocycles. The molecular weight excluding hydrogens is 356 g/mol. The Morgan fingerprint density at radius 2 is 1.77 bits per heavy atom. The average molecular weight is 372 g/mol. The van der Waals surface area contributed by atoms with Crippen molar-refractivity contribution in [2.24, 2.45) is 0 Å². The van der Waals surface area contributed by atoms with E-state index in [9.17, 15) is 18.0 Å². The Balaban J connectivity index is 1.94. The Kier molecular flexibility index (Phi) is 4.52. The van der Waals surface area contributed by atoms with E-state index in [-0.39, 0.29) is 16.0 Å². The predicted molar refractivity (Wildman–Crippen MR) is 95.5 cm³/mol. The molecule has 134 valence electrons. The number of benzene rings is 2. The summed E-state index contributed by atoms with van der Waals surface area (Å²) < 4.78 is 31.5. The van der Waals surface area contributed by atoms with Crippen LogP contribution in [0.3, 0.4) is 0 Å². The van der Waals surface area contributed by atoms with Gasteiger partial charge in [0.05, 0.1) is 23.1 Å². The van der Waals surface area contributed by atoms with Crippen LogP contribution in [0.1, 0.15) is 26.3 Å². The Hall–Kier alpha value is -3.13. The molecule has 0 unspecified atom stereocenters. The number of sulfonamides is 1. The van der Waals surface area contributed by atoms with Crippen molar-refractivity contribution in [1.82, 2.24) is 9.71 Å². The number of ether oxygens (including phenoxy) is 1. The first-order valence-corrected chi connectivity index (χ1v) is 9.13. The van der Waals surface area contributed by atoms with Crippen molar-refractivity contribution >= 4 is 32.8 Å². The molecule has 0 atom stereocenters. The van der Waals surface area contributed by atoms with Gasteiger partial charge in [-0.25, -0.2) is 17.9 Å². The number of aromatic amines is 1. The standard InChI is InChI=1S/C18H16N2O5S/c1-11-3-6-13(7-4-11)26(23,24)20-17(21)15-10-19-16-8-5-12(9-14(15)16)18(22)25-2/h3-10,19H,1-2H3,(H,20,21). The zero-order chi connectivity index (χ0) is 18.9. The summed E-state index contributed by atoms with van der Waals surface area (Å²) >= 11 is 0. The van der Waals surface area contributed by atoms with Crippen LogP contribution in [0.25, 0.3) is 10.9 Å². The first kappa shape index (κ1) is 17.7. The molecular formula is C18H16N2O5S. The third kappa shape index (κ3) is 3.31. The summed E-state index contributed by atoms with van der Waals surface area (Å²) in [5.74, 6) is -1.34. The molecule has 2 N–H and O–H groups in total. The number of fused-ring (bicyclic) bond motifs is 1. The molecule has 3 aromatic rings. The summed E-state index contributed by atoms with van der Waals surface area (Å²) in [5.41, 5.74) is 1.87. The number of amides is 1. The fourth-order valence-corrected chi connectivity index (χ4v) is 3.47. The number of carbonyl (C=O) groups excluding carboxylic acids is 2.